The Morgan fingerprint density at radius 1 is 1.16 bits per heavy atom. The molecule has 0 aromatic heterocycles. The zero-order chi connectivity index (χ0) is 19.0. The third kappa shape index (κ3) is 4.28. The zero-order valence-electron chi connectivity index (χ0n) is 13.1. The second-order valence-corrected chi connectivity index (χ2v) is 6.94. The highest BCUT2D eigenvalue weighted by Gasteiger charge is 2.47. The SMILES string of the molecule is CC(c1cccc(O)c1)C(O)(O)C1C(O)=CC(O)=CC1=NP(=O)(O)O. The molecule has 9 nitrogen and oxygen atoms in total. The quantitative estimate of drug-likeness (QED) is 0.306. The van der Waals surface area contributed by atoms with E-state index in [1.165, 1.54) is 31.2 Å². The van der Waals surface area contributed by atoms with Crippen molar-refractivity contribution < 1.29 is 39.9 Å². The van der Waals surface area contributed by atoms with Crippen molar-refractivity contribution in [1.29, 1.82) is 0 Å². The first-order chi connectivity index (χ1) is 11.4. The van der Waals surface area contributed by atoms with Gasteiger partial charge in [-0.2, -0.15) is 4.76 Å². The van der Waals surface area contributed by atoms with Crippen LogP contribution in [-0.2, 0) is 4.57 Å². The minimum absolute atomic E-state index is 0.120. The van der Waals surface area contributed by atoms with E-state index in [9.17, 15) is 30.1 Å². The second kappa shape index (κ2) is 6.62. The summed E-state index contributed by atoms with van der Waals surface area (Å²) in [6.07, 6.45) is 1.64. The lowest BCUT2D eigenvalue weighted by molar-refractivity contribution is -0.195. The lowest BCUT2D eigenvalue weighted by atomic mass is 9.78. The van der Waals surface area contributed by atoms with Gasteiger partial charge in [-0.25, -0.2) is 4.57 Å². The standard InChI is InChI=1S/C15H18NO8P/c1-8(9-3-2-4-10(17)5-9)15(20,21)14-12(16-25(22,23)24)6-11(18)7-13(14)19/h2-8,14,17-21H,1H3,(H2,22,23,24). The third-order valence-corrected chi connectivity index (χ3v) is 4.35. The number of hydrogen-bond donors (Lipinski definition) is 7. The monoisotopic (exact) mass is 371 g/mol. The maximum absolute atomic E-state index is 11.2. The Morgan fingerprint density at radius 2 is 1.80 bits per heavy atom. The molecular weight excluding hydrogens is 353 g/mol. The maximum Gasteiger partial charge on any atom is 0.448 e. The van der Waals surface area contributed by atoms with Gasteiger partial charge in [0.05, 0.1) is 5.71 Å². The van der Waals surface area contributed by atoms with Gasteiger partial charge in [-0.3, -0.25) is 0 Å². The first-order valence-electron chi connectivity index (χ1n) is 7.12. The van der Waals surface area contributed by atoms with E-state index in [-0.39, 0.29) is 5.75 Å². The van der Waals surface area contributed by atoms with Crippen LogP contribution in [0.5, 0.6) is 5.75 Å². The molecule has 1 aliphatic rings. The van der Waals surface area contributed by atoms with Crippen LogP contribution >= 0.6 is 7.75 Å². The van der Waals surface area contributed by atoms with Crippen molar-refractivity contribution in [3.05, 3.63) is 53.5 Å². The van der Waals surface area contributed by atoms with Crippen LogP contribution in [0, 0.1) is 5.92 Å². The highest BCUT2D eigenvalue weighted by atomic mass is 31.2. The Hall–Kier alpha value is -2.16. The summed E-state index contributed by atoms with van der Waals surface area (Å²) in [6.45, 7) is 1.38. The number of benzene rings is 1. The van der Waals surface area contributed by atoms with Crippen LogP contribution in [0.2, 0.25) is 0 Å². The minimum Gasteiger partial charge on any atom is -0.511 e. The summed E-state index contributed by atoms with van der Waals surface area (Å²) in [5, 5.41) is 50.3. The van der Waals surface area contributed by atoms with Gasteiger partial charge in [-0.05, 0) is 17.7 Å². The zero-order valence-corrected chi connectivity index (χ0v) is 13.9. The van der Waals surface area contributed by atoms with Gasteiger partial charge in [-0.1, -0.05) is 19.1 Å². The fourth-order valence-corrected chi connectivity index (χ4v) is 3.10. The normalized spacial score (nSPS) is 21.6. The Balaban J connectivity index is 2.52. The van der Waals surface area contributed by atoms with Gasteiger partial charge in [0.1, 0.15) is 23.2 Å². The largest absolute Gasteiger partial charge is 0.511 e. The van der Waals surface area contributed by atoms with E-state index < -0.39 is 42.6 Å². The smallest absolute Gasteiger partial charge is 0.448 e. The van der Waals surface area contributed by atoms with E-state index >= 15 is 0 Å². The number of nitrogens with zero attached hydrogens (tertiary/aromatic N) is 1. The lowest BCUT2D eigenvalue weighted by Gasteiger charge is -2.37. The van der Waals surface area contributed by atoms with Gasteiger partial charge in [0.2, 0.25) is 0 Å². The van der Waals surface area contributed by atoms with Crippen LogP contribution in [0.1, 0.15) is 18.4 Å². The molecule has 1 aliphatic carbocycles. The number of hydrogen-bond acceptors (Lipinski definition) is 6. The molecule has 0 spiro atoms. The van der Waals surface area contributed by atoms with E-state index in [4.69, 9.17) is 9.79 Å². The molecule has 136 valence electrons. The molecule has 10 heteroatoms. The molecule has 0 saturated carbocycles. The third-order valence-electron chi connectivity index (χ3n) is 3.86. The van der Waals surface area contributed by atoms with Gasteiger partial charge in [0.25, 0.3) is 0 Å². The van der Waals surface area contributed by atoms with E-state index in [1.54, 1.807) is 0 Å². The first-order valence-corrected chi connectivity index (χ1v) is 8.69. The van der Waals surface area contributed by atoms with Crippen molar-refractivity contribution in [2.75, 3.05) is 0 Å². The van der Waals surface area contributed by atoms with Crippen molar-refractivity contribution in [2.45, 2.75) is 18.6 Å². The number of allylic oxidation sites excluding steroid dienone is 2. The fraction of sp³-hybridized carbons (Fsp3) is 0.267. The number of aliphatic hydroxyl groups excluding tert-OH is 2. The Labute approximate surface area is 142 Å². The molecule has 0 bridgehead atoms. The number of rotatable bonds is 4. The molecule has 1 aromatic rings. The van der Waals surface area contributed by atoms with Crippen molar-refractivity contribution in [3.8, 4) is 5.75 Å². The van der Waals surface area contributed by atoms with E-state index in [1.807, 2.05) is 0 Å². The Kier molecular flexibility index (Phi) is 5.08. The molecule has 0 aliphatic heterocycles. The molecule has 1 aromatic carbocycles. The summed E-state index contributed by atoms with van der Waals surface area (Å²) in [7, 11) is -4.97. The van der Waals surface area contributed by atoms with E-state index in [0.717, 1.165) is 12.2 Å². The summed E-state index contributed by atoms with van der Waals surface area (Å²) in [6, 6.07) is 5.64. The van der Waals surface area contributed by atoms with Crippen LogP contribution in [-0.4, -0.2) is 46.8 Å². The number of aromatic hydroxyl groups is 1. The molecule has 7 N–H and O–H groups in total. The van der Waals surface area contributed by atoms with Crippen LogP contribution in [0.4, 0.5) is 0 Å². The van der Waals surface area contributed by atoms with Gasteiger partial charge >= 0.3 is 7.75 Å². The topological polar surface area (TPSA) is 171 Å². The second-order valence-electron chi connectivity index (χ2n) is 5.71. The molecule has 0 fully saturated rings. The molecule has 0 heterocycles. The summed E-state index contributed by atoms with van der Waals surface area (Å²) >= 11 is 0. The lowest BCUT2D eigenvalue weighted by Crippen LogP contribution is -2.48. The summed E-state index contributed by atoms with van der Waals surface area (Å²) in [5.41, 5.74) is -0.296. The molecule has 0 saturated heterocycles. The van der Waals surface area contributed by atoms with Gasteiger partial charge in [0, 0.05) is 18.1 Å². The molecular formula is C15H18NO8P. The van der Waals surface area contributed by atoms with E-state index in [2.05, 4.69) is 4.76 Å². The molecule has 2 rings (SSSR count). The van der Waals surface area contributed by atoms with Crippen molar-refractivity contribution in [1.82, 2.24) is 0 Å². The maximum atomic E-state index is 11.2. The van der Waals surface area contributed by atoms with Crippen LogP contribution in [0.3, 0.4) is 0 Å². The van der Waals surface area contributed by atoms with Gasteiger partial charge < -0.3 is 35.3 Å². The molecule has 25 heavy (non-hydrogen) atoms. The number of aliphatic hydroxyl groups is 4. The van der Waals surface area contributed by atoms with Crippen molar-refractivity contribution >= 4 is 13.5 Å². The summed E-state index contributed by atoms with van der Waals surface area (Å²) in [4.78, 5) is 18.1. The summed E-state index contributed by atoms with van der Waals surface area (Å²) < 4.78 is 14.3. The predicted molar refractivity (Wildman–Crippen MR) is 88.1 cm³/mol. The van der Waals surface area contributed by atoms with Crippen molar-refractivity contribution in [3.63, 3.8) is 0 Å². The summed E-state index contributed by atoms with van der Waals surface area (Å²) in [5.74, 6) is -6.97. The molecule has 0 radical (unpaired) electrons. The Bertz CT molecular complexity index is 808. The van der Waals surface area contributed by atoms with Gasteiger partial charge in [0.15, 0.2) is 5.79 Å². The molecule has 0 amide bonds. The predicted octanol–water partition coefficient (Wildman–Crippen LogP) is 1.22. The first kappa shape index (κ1) is 19.2. The van der Waals surface area contributed by atoms with Crippen LogP contribution < -0.4 is 0 Å². The Morgan fingerprint density at radius 3 is 2.36 bits per heavy atom. The van der Waals surface area contributed by atoms with Crippen LogP contribution in [0.25, 0.3) is 0 Å². The number of phenols is 1. The average Bonchev–Trinajstić information content (AvgIpc) is 2.43. The fourth-order valence-electron chi connectivity index (χ4n) is 2.62. The molecule has 2 atom stereocenters. The number of phenolic OH excluding ortho intramolecular Hbond substituents is 1. The highest BCUT2D eigenvalue weighted by Crippen LogP contribution is 2.43. The van der Waals surface area contributed by atoms with E-state index in [0.29, 0.717) is 5.56 Å². The minimum atomic E-state index is -4.97. The average molecular weight is 371 g/mol. The van der Waals surface area contributed by atoms with Gasteiger partial charge in [-0.15, -0.1) is 0 Å². The van der Waals surface area contributed by atoms with Crippen molar-refractivity contribution in [2.24, 2.45) is 10.7 Å². The molecule has 2 unspecified atom stereocenters. The van der Waals surface area contributed by atoms with Crippen LogP contribution in [0.15, 0.2) is 52.7 Å². The highest BCUT2D eigenvalue weighted by molar-refractivity contribution is 7.50.